The van der Waals surface area contributed by atoms with Crippen molar-refractivity contribution in [2.75, 3.05) is 19.8 Å². The van der Waals surface area contributed by atoms with Crippen LogP contribution in [0.5, 0.6) is 0 Å². The first-order valence-electron chi connectivity index (χ1n) is 6.01. The van der Waals surface area contributed by atoms with E-state index in [4.69, 9.17) is 21.4 Å². The smallest absolute Gasteiger partial charge is 0.255 e. The first kappa shape index (κ1) is 14.8. The predicted molar refractivity (Wildman–Crippen MR) is 76.5 cm³/mol. The molecule has 2 rings (SSSR count). The van der Waals surface area contributed by atoms with E-state index in [-0.39, 0.29) is 24.7 Å². The van der Waals surface area contributed by atoms with Crippen molar-refractivity contribution in [3.05, 3.63) is 33.3 Å². The van der Waals surface area contributed by atoms with Gasteiger partial charge in [-0.15, -0.1) is 0 Å². The van der Waals surface area contributed by atoms with Gasteiger partial charge in [0.25, 0.3) is 5.91 Å². The van der Waals surface area contributed by atoms with Crippen LogP contribution >= 0.6 is 27.5 Å². The molecular weight excluding hydrogens is 334 g/mol. The SMILES string of the molecule is C[C@@H]1CO[C@@H](CO)CN1C(=O)c1ccc(Cl)cc1Br. The third-order valence-corrected chi connectivity index (χ3v) is 4.02. The van der Waals surface area contributed by atoms with Gasteiger partial charge in [0.2, 0.25) is 0 Å². The largest absolute Gasteiger partial charge is 0.394 e. The van der Waals surface area contributed by atoms with E-state index in [2.05, 4.69) is 15.9 Å². The fourth-order valence-electron chi connectivity index (χ4n) is 2.03. The highest BCUT2D eigenvalue weighted by molar-refractivity contribution is 9.10. The third-order valence-electron chi connectivity index (χ3n) is 3.13. The second-order valence-corrected chi connectivity index (χ2v) is 5.86. The molecule has 104 valence electrons. The van der Waals surface area contributed by atoms with E-state index in [1.807, 2.05) is 6.92 Å². The summed E-state index contributed by atoms with van der Waals surface area (Å²) >= 11 is 9.23. The summed E-state index contributed by atoms with van der Waals surface area (Å²) in [6.07, 6.45) is -0.314. The maximum absolute atomic E-state index is 12.5. The Morgan fingerprint density at radius 1 is 1.63 bits per heavy atom. The number of aliphatic hydroxyl groups excluding tert-OH is 1. The van der Waals surface area contributed by atoms with Gasteiger partial charge in [-0.2, -0.15) is 0 Å². The molecular formula is C13H15BrClNO3. The Balaban J connectivity index is 2.22. The summed E-state index contributed by atoms with van der Waals surface area (Å²) in [6, 6.07) is 5.07. The molecule has 0 spiro atoms. The van der Waals surface area contributed by atoms with Crippen molar-refractivity contribution in [1.29, 1.82) is 0 Å². The number of benzene rings is 1. The highest BCUT2D eigenvalue weighted by Crippen LogP contribution is 2.24. The van der Waals surface area contributed by atoms with E-state index in [0.717, 1.165) is 0 Å². The molecule has 1 aliphatic rings. The van der Waals surface area contributed by atoms with Crippen molar-refractivity contribution in [3.8, 4) is 0 Å². The van der Waals surface area contributed by atoms with Gasteiger partial charge in [-0.25, -0.2) is 0 Å². The number of hydrogen-bond donors (Lipinski definition) is 1. The topological polar surface area (TPSA) is 49.8 Å². The molecule has 2 atom stereocenters. The zero-order valence-corrected chi connectivity index (χ0v) is 12.8. The molecule has 1 heterocycles. The van der Waals surface area contributed by atoms with E-state index in [9.17, 15) is 4.79 Å². The van der Waals surface area contributed by atoms with Crippen LogP contribution in [0.1, 0.15) is 17.3 Å². The lowest BCUT2D eigenvalue weighted by atomic mass is 10.1. The molecule has 1 N–H and O–H groups in total. The zero-order chi connectivity index (χ0) is 14.0. The monoisotopic (exact) mass is 347 g/mol. The maximum Gasteiger partial charge on any atom is 0.255 e. The molecule has 0 saturated carbocycles. The van der Waals surface area contributed by atoms with Crippen molar-refractivity contribution in [1.82, 2.24) is 4.90 Å². The normalized spacial score (nSPS) is 23.5. The van der Waals surface area contributed by atoms with Crippen molar-refractivity contribution in [3.63, 3.8) is 0 Å². The van der Waals surface area contributed by atoms with Gasteiger partial charge in [-0.3, -0.25) is 4.79 Å². The van der Waals surface area contributed by atoms with Crippen LogP contribution in [0.15, 0.2) is 22.7 Å². The molecule has 1 amide bonds. The van der Waals surface area contributed by atoms with E-state index < -0.39 is 0 Å². The van der Waals surface area contributed by atoms with Crippen LogP contribution in [0, 0.1) is 0 Å². The van der Waals surface area contributed by atoms with Crippen molar-refractivity contribution >= 4 is 33.4 Å². The van der Waals surface area contributed by atoms with Crippen molar-refractivity contribution < 1.29 is 14.6 Å². The highest BCUT2D eigenvalue weighted by atomic mass is 79.9. The second kappa shape index (κ2) is 6.22. The Morgan fingerprint density at radius 2 is 2.37 bits per heavy atom. The molecule has 0 unspecified atom stereocenters. The van der Waals surface area contributed by atoms with Gasteiger partial charge in [0, 0.05) is 16.0 Å². The molecule has 1 fully saturated rings. The molecule has 1 aromatic rings. The van der Waals surface area contributed by atoms with Gasteiger partial charge in [-0.05, 0) is 41.1 Å². The molecule has 0 aromatic heterocycles. The standard InChI is InChI=1S/C13H15BrClNO3/c1-8-7-19-10(6-17)5-16(8)13(18)11-3-2-9(15)4-12(11)14/h2-4,8,10,17H,5-7H2,1H3/t8-,10-/m1/s1. The quantitative estimate of drug-likeness (QED) is 0.892. The number of hydrogen-bond acceptors (Lipinski definition) is 3. The number of rotatable bonds is 2. The van der Waals surface area contributed by atoms with Crippen LogP contribution in [0.4, 0.5) is 0 Å². The van der Waals surface area contributed by atoms with E-state index in [1.54, 1.807) is 23.1 Å². The van der Waals surface area contributed by atoms with Gasteiger partial charge in [0.05, 0.1) is 30.9 Å². The minimum Gasteiger partial charge on any atom is -0.394 e. The lowest BCUT2D eigenvalue weighted by Gasteiger charge is -2.37. The van der Waals surface area contributed by atoms with Crippen molar-refractivity contribution in [2.45, 2.75) is 19.1 Å². The Kier molecular flexibility index (Phi) is 4.84. The summed E-state index contributed by atoms with van der Waals surface area (Å²) < 4.78 is 6.10. The molecule has 0 radical (unpaired) electrons. The van der Waals surface area contributed by atoms with Crippen LogP contribution in [0.25, 0.3) is 0 Å². The first-order chi connectivity index (χ1) is 9.02. The van der Waals surface area contributed by atoms with Crippen LogP contribution in [-0.4, -0.2) is 47.8 Å². The number of carbonyl (C=O) groups excluding carboxylic acids is 1. The summed E-state index contributed by atoms with van der Waals surface area (Å²) in [5.41, 5.74) is 0.565. The summed E-state index contributed by atoms with van der Waals surface area (Å²) in [6.45, 7) is 2.67. The molecule has 19 heavy (non-hydrogen) atoms. The van der Waals surface area contributed by atoms with E-state index in [0.29, 0.717) is 28.2 Å². The Hall–Kier alpha value is -0.620. The van der Waals surface area contributed by atoms with Crippen LogP contribution in [-0.2, 0) is 4.74 Å². The minimum absolute atomic E-state index is 0.0159. The average molecular weight is 349 g/mol. The van der Waals surface area contributed by atoms with Crippen LogP contribution < -0.4 is 0 Å². The summed E-state index contributed by atoms with van der Waals surface area (Å²) in [5.74, 6) is -0.0854. The number of ether oxygens (including phenoxy) is 1. The van der Waals surface area contributed by atoms with Gasteiger partial charge >= 0.3 is 0 Å². The molecule has 1 aromatic carbocycles. The molecule has 1 aliphatic heterocycles. The van der Waals surface area contributed by atoms with Gasteiger partial charge in [-0.1, -0.05) is 11.6 Å². The Morgan fingerprint density at radius 3 is 3.00 bits per heavy atom. The van der Waals surface area contributed by atoms with E-state index >= 15 is 0 Å². The molecule has 6 heteroatoms. The molecule has 0 bridgehead atoms. The number of amides is 1. The maximum atomic E-state index is 12.5. The Labute approximate surface area is 125 Å². The van der Waals surface area contributed by atoms with Crippen LogP contribution in [0.2, 0.25) is 5.02 Å². The minimum atomic E-state index is -0.314. The first-order valence-corrected chi connectivity index (χ1v) is 7.18. The lowest BCUT2D eigenvalue weighted by Crippen LogP contribution is -2.52. The van der Waals surface area contributed by atoms with Gasteiger partial charge in [0.1, 0.15) is 0 Å². The number of morpholine rings is 1. The number of carbonyl (C=O) groups is 1. The third kappa shape index (κ3) is 3.28. The summed E-state index contributed by atoms with van der Waals surface area (Å²) in [4.78, 5) is 14.2. The number of aliphatic hydroxyl groups is 1. The molecule has 0 aliphatic carbocycles. The average Bonchev–Trinajstić information content (AvgIpc) is 2.38. The van der Waals surface area contributed by atoms with Crippen LogP contribution in [0.3, 0.4) is 0 Å². The fourth-order valence-corrected chi connectivity index (χ4v) is 2.88. The highest BCUT2D eigenvalue weighted by Gasteiger charge is 2.30. The second-order valence-electron chi connectivity index (χ2n) is 4.57. The number of nitrogens with zero attached hydrogens (tertiary/aromatic N) is 1. The molecule has 4 nitrogen and oxygen atoms in total. The van der Waals surface area contributed by atoms with E-state index in [1.165, 1.54) is 0 Å². The zero-order valence-electron chi connectivity index (χ0n) is 10.5. The summed E-state index contributed by atoms with van der Waals surface area (Å²) in [5, 5.41) is 9.72. The van der Waals surface area contributed by atoms with Gasteiger partial charge in [0.15, 0.2) is 0 Å². The number of halogens is 2. The fraction of sp³-hybridized carbons (Fsp3) is 0.462. The van der Waals surface area contributed by atoms with Crippen molar-refractivity contribution in [2.24, 2.45) is 0 Å². The predicted octanol–water partition coefficient (Wildman–Crippen LogP) is 2.32. The Bertz CT molecular complexity index is 483. The van der Waals surface area contributed by atoms with Gasteiger partial charge < -0.3 is 14.7 Å². The summed E-state index contributed by atoms with van der Waals surface area (Å²) in [7, 11) is 0. The lowest BCUT2D eigenvalue weighted by molar-refractivity contribution is -0.0667. The molecule has 1 saturated heterocycles.